The lowest BCUT2D eigenvalue weighted by molar-refractivity contribution is -0.140. The zero-order valence-electron chi connectivity index (χ0n) is 24.8. The number of aromatic hydroxyl groups is 1. The number of amides is 1. The zero-order chi connectivity index (χ0) is 31.9. The highest BCUT2D eigenvalue weighted by atomic mass is 28.3. The van der Waals surface area contributed by atoms with Gasteiger partial charge in [-0.05, 0) is 106 Å². The van der Waals surface area contributed by atoms with Gasteiger partial charge in [-0.15, -0.1) is 0 Å². The maximum Gasteiger partial charge on any atom is 0.323 e. The monoisotopic (exact) mass is 608 g/mol. The maximum absolute atomic E-state index is 13.2. The fourth-order valence-electron chi connectivity index (χ4n) is 5.93. The average Bonchev–Trinajstić information content (AvgIpc) is 2.97. The molecule has 44 heavy (non-hydrogen) atoms. The molecule has 3 aromatic carbocycles. The van der Waals surface area contributed by atoms with Gasteiger partial charge in [-0.25, -0.2) is 0 Å². The first-order chi connectivity index (χ1) is 20.8. The molecule has 0 aromatic heterocycles. The van der Waals surface area contributed by atoms with Crippen molar-refractivity contribution in [1.82, 2.24) is 4.90 Å². The number of aliphatic carboxylic acids is 2. The van der Waals surface area contributed by atoms with Crippen LogP contribution in [0.3, 0.4) is 0 Å². The van der Waals surface area contributed by atoms with E-state index >= 15 is 0 Å². The van der Waals surface area contributed by atoms with Crippen molar-refractivity contribution >= 4 is 53.8 Å². The molecule has 0 spiro atoms. The van der Waals surface area contributed by atoms with Gasteiger partial charge in [-0.3, -0.25) is 19.2 Å². The van der Waals surface area contributed by atoms with Crippen LogP contribution in [0.1, 0.15) is 27.0 Å². The number of carbonyl (C=O) groups is 4. The van der Waals surface area contributed by atoms with E-state index in [0.717, 1.165) is 54.5 Å². The summed E-state index contributed by atoms with van der Waals surface area (Å²) in [5.41, 5.74) is 6.52. The van der Waals surface area contributed by atoms with Crippen LogP contribution in [0.5, 0.6) is 5.75 Å². The first-order valence-electron chi connectivity index (χ1n) is 14.0. The van der Waals surface area contributed by atoms with Crippen LogP contribution in [0.25, 0.3) is 5.57 Å². The summed E-state index contributed by atoms with van der Waals surface area (Å²) in [6.07, 6.45) is 5.15. The average molecular weight is 609 g/mol. The van der Waals surface area contributed by atoms with E-state index in [-0.39, 0.29) is 17.1 Å². The number of carbonyl (C=O) groups excluding carboxylic acids is 2. The Morgan fingerprint density at radius 3 is 2.05 bits per heavy atom. The lowest BCUT2D eigenvalue weighted by atomic mass is 9.87. The molecule has 5 rings (SSSR count). The van der Waals surface area contributed by atoms with E-state index in [1.807, 2.05) is 43.1 Å². The number of carboxylic acids is 2. The van der Waals surface area contributed by atoms with E-state index in [1.54, 1.807) is 42.5 Å². The summed E-state index contributed by atoms with van der Waals surface area (Å²) in [5, 5.41) is 30.3. The number of anilines is 2. The highest BCUT2D eigenvalue weighted by Gasteiger charge is 2.40. The summed E-state index contributed by atoms with van der Waals surface area (Å²) in [5.74, 6) is -3.19. The standard InChI is InChI=1S/C34H32N2O7Si/c1-20-15-21(34(43)36(18-31(39)40)19-32(41)42)5-12-26(20)33-27-13-8-23(35(2)22-6-9-24(37)10-7-22)16-29(27)44(3,4)30-17-25(38)11-14-28(30)33/h5-17,37H,18-19H2,1-4H3,(H,39,40)(H,41,42). The topological polar surface area (TPSA) is 135 Å². The van der Waals surface area contributed by atoms with Crippen molar-refractivity contribution in [3.8, 4) is 5.75 Å². The van der Waals surface area contributed by atoms with Gasteiger partial charge in [0, 0.05) is 24.0 Å². The van der Waals surface area contributed by atoms with Gasteiger partial charge in [0.25, 0.3) is 5.91 Å². The third kappa shape index (κ3) is 5.59. The molecule has 9 nitrogen and oxygen atoms in total. The lowest BCUT2D eigenvalue weighted by Crippen LogP contribution is -2.49. The number of phenols is 1. The Hall–Kier alpha value is -5.22. The van der Waals surface area contributed by atoms with Crippen molar-refractivity contribution in [2.75, 3.05) is 25.0 Å². The smallest absolute Gasteiger partial charge is 0.323 e. The lowest BCUT2D eigenvalue weighted by Gasteiger charge is -2.38. The minimum atomic E-state index is -2.38. The molecule has 3 N–H and O–H groups in total. The Morgan fingerprint density at radius 1 is 0.818 bits per heavy atom. The van der Waals surface area contributed by atoms with E-state index in [4.69, 9.17) is 0 Å². The molecular formula is C34H32N2O7Si. The number of hydrogen-bond donors (Lipinski definition) is 3. The maximum atomic E-state index is 13.2. The number of carboxylic acid groups (broad SMARTS) is 2. The van der Waals surface area contributed by atoms with Gasteiger partial charge in [-0.1, -0.05) is 31.3 Å². The van der Waals surface area contributed by atoms with Crippen molar-refractivity contribution < 1.29 is 34.5 Å². The second-order valence-electron chi connectivity index (χ2n) is 11.5. The van der Waals surface area contributed by atoms with Gasteiger partial charge in [0.15, 0.2) is 5.78 Å². The van der Waals surface area contributed by atoms with E-state index < -0.39 is 39.0 Å². The van der Waals surface area contributed by atoms with E-state index in [1.165, 1.54) is 0 Å². The van der Waals surface area contributed by atoms with Gasteiger partial charge in [0.1, 0.15) is 26.9 Å². The van der Waals surface area contributed by atoms with Gasteiger partial charge < -0.3 is 25.1 Å². The molecule has 1 aliphatic carbocycles. The highest BCUT2D eigenvalue weighted by Crippen LogP contribution is 2.43. The summed E-state index contributed by atoms with van der Waals surface area (Å²) in [6.45, 7) is 4.83. The van der Waals surface area contributed by atoms with Crippen molar-refractivity contribution in [2.45, 2.75) is 20.0 Å². The number of rotatable bonds is 8. The Bertz CT molecular complexity index is 1800. The minimum absolute atomic E-state index is 0.0703. The number of aryl methyl sites for hydroxylation is 1. The summed E-state index contributed by atoms with van der Waals surface area (Å²) < 4.78 is 0. The molecule has 2 aliphatic rings. The number of phenolic OH excluding ortho intramolecular Hbond substituents is 1. The summed E-state index contributed by atoms with van der Waals surface area (Å²) in [6, 6.07) is 18.3. The van der Waals surface area contributed by atoms with Crippen LogP contribution in [0.15, 0.2) is 89.7 Å². The fourth-order valence-corrected chi connectivity index (χ4v) is 8.99. The molecule has 0 bridgehead atoms. The van der Waals surface area contributed by atoms with Crippen molar-refractivity contribution in [2.24, 2.45) is 0 Å². The van der Waals surface area contributed by atoms with E-state index in [9.17, 15) is 34.5 Å². The molecule has 10 heteroatoms. The molecule has 3 aromatic rings. The number of benzene rings is 3. The first kappa shape index (κ1) is 30.2. The quantitative estimate of drug-likeness (QED) is 0.320. The molecule has 0 radical (unpaired) electrons. The van der Waals surface area contributed by atoms with Crippen LogP contribution in [-0.4, -0.2) is 72.1 Å². The van der Waals surface area contributed by atoms with Gasteiger partial charge in [0.05, 0.1) is 0 Å². The number of fused-ring (bicyclic) bond motifs is 2. The molecule has 1 aliphatic heterocycles. The van der Waals surface area contributed by atoms with Crippen LogP contribution >= 0.6 is 0 Å². The molecule has 1 amide bonds. The zero-order valence-corrected chi connectivity index (χ0v) is 25.8. The third-order valence-electron chi connectivity index (χ3n) is 8.19. The normalized spacial score (nSPS) is 14.8. The predicted molar refractivity (Wildman–Crippen MR) is 170 cm³/mol. The molecule has 0 saturated heterocycles. The molecule has 0 atom stereocenters. The Morgan fingerprint density at radius 2 is 1.43 bits per heavy atom. The van der Waals surface area contributed by atoms with E-state index in [2.05, 4.69) is 25.2 Å². The molecule has 1 heterocycles. The second-order valence-corrected chi connectivity index (χ2v) is 15.8. The van der Waals surface area contributed by atoms with Gasteiger partial charge in [0.2, 0.25) is 0 Å². The number of ketones is 1. The van der Waals surface area contributed by atoms with Crippen LogP contribution < -0.4 is 10.1 Å². The van der Waals surface area contributed by atoms with E-state index in [0.29, 0.717) is 0 Å². The van der Waals surface area contributed by atoms with Crippen molar-refractivity contribution in [3.63, 3.8) is 0 Å². The predicted octanol–water partition coefficient (Wildman–Crippen LogP) is 4.42. The summed E-state index contributed by atoms with van der Waals surface area (Å²) in [4.78, 5) is 51.2. The van der Waals surface area contributed by atoms with Crippen LogP contribution in [-0.2, 0) is 14.4 Å². The van der Waals surface area contributed by atoms with Crippen LogP contribution in [0, 0.1) is 6.92 Å². The van der Waals surface area contributed by atoms with Gasteiger partial charge >= 0.3 is 11.9 Å². The molecule has 0 fully saturated rings. The largest absolute Gasteiger partial charge is 0.508 e. The minimum Gasteiger partial charge on any atom is -0.508 e. The summed E-state index contributed by atoms with van der Waals surface area (Å²) >= 11 is 0. The number of hydrogen-bond acceptors (Lipinski definition) is 6. The number of nitrogens with zero attached hydrogens (tertiary/aromatic N) is 2. The fraction of sp³-hybridized carbons (Fsp3) is 0.176. The Kier molecular flexibility index (Phi) is 7.88. The van der Waals surface area contributed by atoms with Crippen LogP contribution in [0.4, 0.5) is 11.4 Å². The molecule has 0 saturated carbocycles. The molecular weight excluding hydrogens is 576 g/mol. The summed E-state index contributed by atoms with van der Waals surface area (Å²) in [7, 11) is -0.421. The van der Waals surface area contributed by atoms with Crippen LogP contribution in [0.2, 0.25) is 13.1 Å². The Labute approximate surface area is 255 Å². The number of allylic oxidation sites excluding steroid dienone is 5. The SMILES string of the molecule is Cc1cc(C(=O)N(CC(=O)O)CC(=O)O)ccc1C1=C2C=CC(=O)C=C2[Si](C)(C)c2cc(N(C)c3ccc(O)cc3)ccc21. The molecule has 224 valence electrons. The molecule has 0 unspecified atom stereocenters. The van der Waals surface area contributed by atoms with Gasteiger partial charge in [-0.2, -0.15) is 0 Å². The Balaban J connectivity index is 1.64. The van der Waals surface area contributed by atoms with Crippen molar-refractivity contribution in [3.05, 3.63) is 112 Å². The highest BCUT2D eigenvalue weighted by molar-refractivity contribution is 6.98. The first-order valence-corrected chi connectivity index (χ1v) is 17.0. The van der Waals surface area contributed by atoms with Crippen molar-refractivity contribution in [1.29, 1.82) is 0 Å². The third-order valence-corrected chi connectivity index (χ3v) is 11.7. The second kappa shape index (κ2) is 11.5.